The number of aryl methyl sites for hydroxylation is 1. The lowest BCUT2D eigenvalue weighted by atomic mass is 9.84. The van der Waals surface area contributed by atoms with Crippen molar-refractivity contribution in [3.63, 3.8) is 0 Å². The van der Waals surface area contributed by atoms with Crippen LogP contribution in [0.5, 0.6) is 0 Å². The van der Waals surface area contributed by atoms with Gasteiger partial charge in [0, 0.05) is 18.7 Å². The average Bonchev–Trinajstić information content (AvgIpc) is 2.35. The molecule has 1 atom stereocenters. The molecule has 3 nitrogen and oxygen atoms in total. The first-order valence-corrected chi connectivity index (χ1v) is 5.80. The fourth-order valence-electron chi connectivity index (χ4n) is 1.69. The molecule has 0 aliphatic heterocycles. The first kappa shape index (κ1) is 12.0. The molecule has 0 amide bonds. The third-order valence-electron chi connectivity index (χ3n) is 2.36. The summed E-state index contributed by atoms with van der Waals surface area (Å²) < 4.78 is 3.11. The van der Waals surface area contributed by atoms with E-state index in [4.69, 9.17) is 0 Å². The standard InChI is InChI=1S/C10H18IN3/c1-10(2,3)8(12-4)7-6-13-14(5)9(7)11/h6,8,12H,1-5H3. The average molecular weight is 307 g/mol. The van der Waals surface area contributed by atoms with Crippen molar-refractivity contribution in [1.82, 2.24) is 15.1 Å². The quantitative estimate of drug-likeness (QED) is 0.850. The Morgan fingerprint density at radius 3 is 2.36 bits per heavy atom. The minimum atomic E-state index is 0.206. The third-order valence-corrected chi connectivity index (χ3v) is 3.68. The zero-order valence-electron chi connectivity index (χ0n) is 9.43. The Kier molecular flexibility index (Phi) is 3.58. The fraction of sp³-hybridized carbons (Fsp3) is 0.700. The Labute approximate surface area is 99.4 Å². The zero-order chi connectivity index (χ0) is 10.9. The van der Waals surface area contributed by atoms with E-state index in [1.807, 2.05) is 25.0 Å². The van der Waals surface area contributed by atoms with Crippen LogP contribution in [0.4, 0.5) is 0 Å². The third kappa shape index (κ3) is 2.28. The molecule has 0 aromatic carbocycles. The van der Waals surface area contributed by atoms with Crippen LogP contribution in [0.1, 0.15) is 32.4 Å². The fourth-order valence-corrected chi connectivity index (χ4v) is 2.26. The number of hydrogen-bond donors (Lipinski definition) is 1. The van der Waals surface area contributed by atoms with E-state index < -0.39 is 0 Å². The molecule has 14 heavy (non-hydrogen) atoms. The molecular weight excluding hydrogens is 289 g/mol. The summed E-state index contributed by atoms with van der Waals surface area (Å²) in [5.41, 5.74) is 1.49. The highest BCUT2D eigenvalue weighted by atomic mass is 127. The van der Waals surface area contributed by atoms with Gasteiger partial charge in [0.1, 0.15) is 3.70 Å². The van der Waals surface area contributed by atoms with Crippen molar-refractivity contribution in [2.75, 3.05) is 7.05 Å². The summed E-state index contributed by atoms with van der Waals surface area (Å²) in [7, 11) is 3.97. The van der Waals surface area contributed by atoms with Crippen molar-refractivity contribution >= 4 is 22.6 Å². The van der Waals surface area contributed by atoms with E-state index in [1.165, 1.54) is 9.26 Å². The second kappa shape index (κ2) is 4.18. The molecule has 0 aliphatic rings. The Morgan fingerprint density at radius 1 is 1.50 bits per heavy atom. The van der Waals surface area contributed by atoms with E-state index >= 15 is 0 Å². The summed E-state index contributed by atoms with van der Waals surface area (Å²) in [6.45, 7) is 6.70. The van der Waals surface area contributed by atoms with Crippen molar-refractivity contribution in [2.24, 2.45) is 12.5 Å². The van der Waals surface area contributed by atoms with Crippen LogP contribution in [-0.2, 0) is 7.05 Å². The Morgan fingerprint density at radius 2 is 2.07 bits per heavy atom. The van der Waals surface area contributed by atoms with Gasteiger partial charge in [-0.05, 0) is 35.1 Å². The molecule has 0 fully saturated rings. The minimum absolute atomic E-state index is 0.206. The van der Waals surface area contributed by atoms with Crippen LogP contribution in [0.2, 0.25) is 0 Å². The van der Waals surface area contributed by atoms with Gasteiger partial charge in [0.15, 0.2) is 0 Å². The molecule has 80 valence electrons. The summed E-state index contributed by atoms with van der Waals surface area (Å²) in [6.07, 6.45) is 1.95. The van der Waals surface area contributed by atoms with E-state index in [-0.39, 0.29) is 5.41 Å². The molecule has 0 spiro atoms. The molecule has 0 saturated heterocycles. The lowest BCUT2D eigenvalue weighted by Gasteiger charge is -2.30. The van der Waals surface area contributed by atoms with Crippen molar-refractivity contribution in [3.8, 4) is 0 Å². The topological polar surface area (TPSA) is 29.9 Å². The van der Waals surface area contributed by atoms with Gasteiger partial charge in [-0.1, -0.05) is 20.8 Å². The second-order valence-electron chi connectivity index (χ2n) is 4.60. The molecule has 1 N–H and O–H groups in total. The van der Waals surface area contributed by atoms with Gasteiger partial charge in [-0.15, -0.1) is 0 Å². The lowest BCUT2D eigenvalue weighted by Crippen LogP contribution is -2.30. The van der Waals surface area contributed by atoms with Gasteiger partial charge < -0.3 is 5.32 Å². The van der Waals surface area contributed by atoms with Crippen LogP contribution in [0.25, 0.3) is 0 Å². The summed E-state index contributed by atoms with van der Waals surface area (Å²) >= 11 is 2.34. The predicted molar refractivity (Wildman–Crippen MR) is 67.2 cm³/mol. The molecule has 0 radical (unpaired) electrons. The van der Waals surface area contributed by atoms with Crippen LogP contribution < -0.4 is 5.32 Å². The Balaban J connectivity index is 3.08. The predicted octanol–water partition coefficient (Wildman–Crippen LogP) is 2.33. The second-order valence-corrected chi connectivity index (χ2v) is 5.62. The molecule has 1 unspecified atom stereocenters. The van der Waals surface area contributed by atoms with Gasteiger partial charge in [-0.25, -0.2) is 0 Å². The van der Waals surface area contributed by atoms with Crippen molar-refractivity contribution in [2.45, 2.75) is 26.8 Å². The molecular formula is C10H18IN3. The number of hydrogen-bond acceptors (Lipinski definition) is 2. The monoisotopic (exact) mass is 307 g/mol. The normalized spacial score (nSPS) is 14.4. The van der Waals surface area contributed by atoms with Gasteiger partial charge in [0.25, 0.3) is 0 Å². The molecule has 0 saturated carbocycles. The van der Waals surface area contributed by atoms with Gasteiger partial charge in [0.2, 0.25) is 0 Å². The zero-order valence-corrected chi connectivity index (χ0v) is 11.6. The number of halogens is 1. The number of aromatic nitrogens is 2. The maximum atomic E-state index is 4.27. The summed E-state index contributed by atoms with van der Waals surface area (Å²) in [4.78, 5) is 0. The van der Waals surface area contributed by atoms with Crippen LogP contribution in [-0.4, -0.2) is 16.8 Å². The molecule has 1 aromatic heterocycles. The minimum Gasteiger partial charge on any atom is -0.312 e. The van der Waals surface area contributed by atoms with E-state index in [9.17, 15) is 0 Å². The largest absolute Gasteiger partial charge is 0.312 e. The highest BCUT2D eigenvalue weighted by Gasteiger charge is 2.27. The van der Waals surface area contributed by atoms with Gasteiger partial charge in [-0.2, -0.15) is 5.10 Å². The van der Waals surface area contributed by atoms with Crippen molar-refractivity contribution < 1.29 is 0 Å². The first-order valence-electron chi connectivity index (χ1n) is 4.72. The highest BCUT2D eigenvalue weighted by Crippen LogP contribution is 2.34. The SMILES string of the molecule is CNC(c1cnn(C)c1I)C(C)(C)C. The molecule has 0 bridgehead atoms. The summed E-state index contributed by atoms with van der Waals surface area (Å²) in [6, 6.07) is 0.350. The van der Waals surface area contributed by atoms with Crippen molar-refractivity contribution in [3.05, 3.63) is 15.5 Å². The highest BCUT2D eigenvalue weighted by molar-refractivity contribution is 14.1. The van der Waals surface area contributed by atoms with E-state index in [1.54, 1.807) is 0 Å². The van der Waals surface area contributed by atoms with E-state index in [0.29, 0.717) is 6.04 Å². The Bertz CT molecular complexity index is 312. The summed E-state index contributed by atoms with van der Waals surface area (Å²) in [5, 5.41) is 7.62. The molecule has 1 heterocycles. The first-order chi connectivity index (χ1) is 6.38. The van der Waals surface area contributed by atoms with Crippen LogP contribution in [0.3, 0.4) is 0 Å². The maximum absolute atomic E-state index is 4.27. The number of nitrogens with zero attached hydrogens (tertiary/aromatic N) is 2. The number of rotatable bonds is 2. The molecule has 1 aromatic rings. The lowest BCUT2D eigenvalue weighted by molar-refractivity contribution is 0.286. The van der Waals surface area contributed by atoms with Crippen molar-refractivity contribution in [1.29, 1.82) is 0 Å². The maximum Gasteiger partial charge on any atom is 0.103 e. The smallest absolute Gasteiger partial charge is 0.103 e. The molecule has 4 heteroatoms. The van der Waals surface area contributed by atoms with Crippen LogP contribution in [0.15, 0.2) is 6.20 Å². The van der Waals surface area contributed by atoms with Gasteiger partial charge in [-0.3, -0.25) is 4.68 Å². The number of nitrogens with one attached hydrogen (secondary N) is 1. The molecule has 1 rings (SSSR count). The van der Waals surface area contributed by atoms with E-state index in [0.717, 1.165) is 0 Å². The van der Waals surface area contributed by atoms with E-state index in [2.05, 4.69) is 53.8 Å². The summed E-state index contributed by atoms with van der Waals surface area (Å²) in [5.74, 6) is 0. The van der Waals surface area contributed by atoms with Gasteiger partial charge >= 0.3 is 0 Å². The molecule has 0 aliphatic carbocycles. The Hall–Kier alpha value is -0.100. The van der Waals surface area contributed by atoms with Crippen LogP contribution >= 0.6 is 22.6 Å². The van der Waals surface area contributed by atoms with Gasteiger partial charge in [0.05, 0.1) is 6.20 Å². The van der Waals surface area contributed by atoms with Crippen LogP contribution in [0, 0.1) is 9.12 Å².